The molecule has 1 aliphatic heterocycles. The fourth-order valence-corrected chi connectivity index (χ4v) is 5.81. The van der Waals surface area contributed by atoms with Gasteiger partial charge < -0.3 is 4.31 Å². The predicted octanol–water partition coefficient (Wildman–Crippen LogP) is 4.45. The van der Waals surface area contributed by atoms with Crippen LogP contribution in [0.15, 0.2) is 85.0 Å². The standard InChI is InChI=1S/C23H18FN5O2S3/c24-20-5-1-18(2-6-20)14-28(21-7-3-17(13-25)4-8-21)32-33-29-15-22(29)23(30)27-34(31)16-19-9-11-26-12-10-19/h1-12,15H,14,16H2,(H,27,30). The lowest BCUT2D eigenvalue weighted by atomic mass is 10.2. The largest absolute Gasteiger partial charge is 0.301 e. The van der Waals surface area contributed by atoms with E-state index in [1.165, 1.54) is 34.1 Å². The first-order chi connectivity index (χ1) is 16.5. The third kappa shape index (κ3) is 6.60. The van der Waals surface area contributed by atoms with E-state index in [9.17, 15) is 13.4 Å². The Morgan fingerprint density at radius 3 is 2.47 bits per heavy atom. The third-order valence-electron chi connectivity index (χ3n) is 4.62. The molecule has 1 amide bonds. The van der Waals surface area contributed by atoms with Gasteiger partial charge in [-0.2, -0.15) is 5.26 Å². The van der Waals surface area contributed by atoms with E-state index in [1.807, 2.05) is 16.4 Å². The molecule has 1 unspecified atom stereocenters. The Morgan fingerprint density at radius 2 is 1.79 bits per heavy atom. The Morgan fingerprint density at radius 1 is 1.09 bits per heavy atom. The molecular formula is C23H18FN5O2S3. The van der Waals surface area contributed by atoms with Crippen molar-refractivity contribution in [3.63, 3.8) is 0 Å². The zero-order valence-electron chi connectivity index (χ0n) is 17.6. The molecule has 34 heavy (non-hydrogen) atoms. The smallest absolute Gasteiger partial charge is 0.282 e. The van der Waals surface area contributed by atoms with Gasteiger partial charge in [-0.15, -0.1) is 0 Å². The number of nitrogens with one attached hydrogen (secondary N) is 1. The van der Waals surface area contributed by atoms with E-state index < -0.39 is 16.9 Å². The molecule has 0 aliphatic carbocycles. The molecule has 0 bridgehead atoms. The number of nitrogens with zero attached hydrogens (tertiary/aromatic N) is 4. The number of halogens is 1. The molecule has 4 rings (SSSR count). The number of nitriles is 1. The van der Waals surface area contributed by atoms with Gasteiger partial charge in [0.15, 0.2) is 0 Å². The van der Waals surface area contributed by atoms with Crippen LogP contribution in [0.3, 0.4) is 0 Å². The molecule has 3 aromatic rings. The quantitative estimate of drug-likeness (QED) is 0.316. The highest BCUT2D eigenvalue weighted by molar-refractivity contribution is 8.76. The molecule has 172 valence electrons. The maximum atomic E-state index is 13.3. The molecule has 2 aromatic carbocycles. The fourth-order valence-electron chi connectivity index (χ4n) is 2.82. The lowest BCUT2D eigenvalue weighted by Gasteiger charge is -2.23. The SMILES string of the molecule is N#Cc1ccc(N(Cc2ccc(F)cc2)SSN2C=C2C(=O)NS(=O)Cc2ccncc2)cc1. The molecule has 0 spiro atoms. The molecule has 11 heteroatoms. The number of carbonyl (C=O) groups is 1. The topological polar surface area (TPSA) is 89.1 Å². The highest BCUT2D eigenvalue weighted by atomic mass is 33.1. The van der Waals surface area contributed by atoms with Gasteiger partial charge in [0.1, 0.15) is 22.5 Å². The van der Waals surface area contributed by atoms with Crippen molar-refractivity contribution in [2.45, 2.75) is 12.3 Å². The number of hydrogen-bond acceptors (Lipinski definition) is 8. The molecule has 0 saturated heterocycles. The summed E-state index contributed by atoms with van der Waals surface area (Å²) in [6.07, 6.45) is 4.88. The second kappa shape index (κ2) is 11.2. The molecule has 1 N–H and O–H groups in total. The number of pyridine rings is 1. The Labute approximate surface area is 206 Å². The van der Waals surface area contributed by atoms with Crippen molar-refractivity contribution in [3.05, 3.63) is 107 Å². The lowest BCUT2D eigenvalue weighted by molar-refractivity contribution is -0.115. The minimum Gasteiger partial charge on any atom is -0.301 e. The molecule has 0 saturated carbocycles. The maximum absolute atomic E-state index is 13.3. The first-order valence-electron chi connectivity index (χ1n) is 9.98. The molecule has 2 heterocycles. The number of anilines is 1. The van der Waals surface area contributed by atoms with E-state index in [0.29, 0.717) is 17.8 Å². The average Bonchev–Trinajstić information content (AvgIpc) is 3.63. The average molecular weight is 512 g/mol. The van der Waals surface area contributed by atoms with Gasteiger partial charge in [0, 0.05) is 46.2 Å². The molecule has 7 nitrogen and oxygen atoms in total. The second-order valence-electron chi connectivity index (χ2n) is 7.09. The third-order valence-corrected chi connectivity index (χ3v) is 7.90. The van der Waals surface area contributed by atoms with E-state index in [1.54, 1.807) is 59.3 Å². The number of aromatic nitrogens is 1. The van der Waals surface area contributed by atoms with Crippen LogP contribution in [0.2, 0.25) is 0 Å². The minimum atomic E-state index is -1.55. The van der Waals surface area contributed by atoms with Gasteiger partial charge in [0.2, 0.25) is 0 Å². The summed E-state index contributed by atoms with van der Waals surface area (Å²) in [5, 5.41) is 9.05. The van der Waals surface area contributed by atoms with Gasteiger partial charge in [-0.1, -0.05) is 12.1 Å². The van der Waals surface area contributed by atoms with E-state index in [2.05, 4.69) is 15.8 Å². The number of rotatable bonds is 10. The molecule has 0 fully saturated rings. The monoisotopic (exact) mass is 511 g/mol. The maximum Gasteiger partial charge on any atom is 0.282 e. The van der Waals surface area contributed by atoms with Gasteiger partial charge in [0.05, 0.1) is 23.9 Å². The molecule has 1 aliphatic rings. The summed E-state index contributed by atoms with van der Waals surface area (Å²) in [6, 6.07) is 19.0. The fraction of sp³-hybridized carbons (Fsp3) is 0.0870. The first kappa shape index (κ1) is 23.8. The number of benzene rings is 2. The zero-order chi connectivity index (χ0) is 23.9. The number of carbonyl (C=O) groups excluding carboxylic acids is 1. The first-order valence-corrected chi connectivity index (χ1v) is 13.4. The molecular weight excluding hydrogens is 493 g/mol. The predicted molar refractivity (Wildman–Crippen MR) is 133 cm³/mol. The van der Waals surface area contributed by atoms with E-state index in [4.69, 9.17) is 5.26 Å². The van der Waals surface area contributed by atoms with Gasteiger partial charge in [-0.05, 0) is 59.7 Å². The second-order valence-corrected chi connectivity index (χ2v) is 10.3. The van der Waals surface area contributed by atoms with E-state index in [0.717, 1.165) is 16.8 Å². The minimum absolute atomic E-state index is 0.202. The van der Waals surface area contributed by atoms with Crippen LogP contribution in [0, 0.1) is 17.1 Å². The van der Waals surface area contributed by atoms with Gasteiger partial charge in [-0.25, -0.2) is 8.60 Å². The van der Waals surface area contributed by atoms with Crippen LogP contribution in [0.1, 0.15) is 16.7 Å². The summed E-state index contributed by atoms with van der Waals surface area (Å²) in [7, 11) is 1.16. The van der Waals surface area contributed by atoms with Crippen LogP contribution in [0.25, 0.3) is 0 Å². The summed E-state index contributed by atoms with van der Waals surface area (Å²) in [4.78, 5) is 16.3. The van der Waals surface area contributed by atoms with Crippen LogP contribution in [0.4, 0.5) is 10.1 Å². The Bertz CT molecular complexity index is 1250. The van der Waals surface area contributed by atoms with Crippen LogP contribution in [-0.4, -0.2) is 19.4 Å². The summed E-state index contributed by atoms with van der Waals surface area (Å²) in [5.74, 6) is -0.516. The van der Waals surface area contributed by atoms with Gasteiger partial charge >= 0.3 is 0 Å². The van der Waals surface area contributed by atoms with Crippen LogP contribution >= 0.6 is 22.0 Å². The molecule has 1 atom stereocenters. The van der Waals surface area contributed by atoms with Gasteiger partial charge in [0.25, 0.3) is 5.91 Å². The normalized spacial score (nSPS) is 12.9. The summed E-state index contributed by atoms with van der Waals surface area (Å²) in [6.45, 7) is 0.481. The Balaban J connectivity index is 1.33. The highest BCUT2D eigenvalue weighted by Crippen LogP contribution is 2.42. The Kier molecular flexibility index (Phi) is 7.84. The molecule has 0 radical (unpaired) electrons. The number of hydrogen-bond donors (Lipinski definition) is 1. The number of amides is 1. The van der Waals surface area contributed by atoms with Gasteiger partial charge in [-0.3, -0.25) is 18.8 Å². The van der Waals surface area contributed by atoms with E-state index >= 15 is 0 Å². The van der Waals surface area contributed by atoms with Crippen molar-refractivity contribution in [2.24, 2.45) is 0 Å². The van der Waals surface area contributed by atoms with Crippen molar-refractivity contribution in [2.75, 3.05) is 4.31 Å². The van der Waals surface area contributed by atoms with Crippen LogP contribution in [0.5, 0.6) is 0 Å². The van der Waals surface area contributed by atoms with Crippen molar-refractivity contribution >= 4 is 44.5 Å². The summed E-state index contributed by atoms with van der Waals surface area (Å²) in [5.41, 5.74) is 3.55. The van der Waals surface area contributed by atoms with Crippen molar-refractivity contribution < 1.29 is 13.4 Å². The van der Waals surface area contributed by atoms with Crippen LogP contribution < -0.4 is 9.03 Å². The summed E-state index contributed by atoms with van der Waals surface area (Å²) < 4.78 is 31.7. The van der Waals surface area contributed by atoms with Crippen molar-refractivity contribution in [3.8, 4) is 6.07 Å². The molecule has 1 aromatic heterocycles. The lowest BCUT2D eigenvalue weighted by Crippen LogP contribution is -2.27. The highest BCUT2D eigenvalue weighted by Gasteiger charge is 2.31. The zero-order valence-corrected chi connectivity index (χ0v) is 20.1. The van der Waals surface area contributed by atoms with Crippen molar-refractivity contribution in [1.29, 1.82) is 5.26 Å². The Hall–Kier alpha value is -3.33. The summed E-state index contributed by atoms with van der Waals surface area (Å²) >= 11 is 0. The van der Waals surface area contributed by atoms with Crippen LogP contribution in [-0.2, 0) is 28.1 Å². The van der Waals surface area contributed by atoms with Crippen molar-refractivity contribution in [1.82, 2.24) is 14.0 Å². The van der Waals surface area contributed by atoms with E-state index in [-0.39, 0.29) is 11.6 Å².